The van der Waals surface area contributed by atoms with E-state index in [1.165, 1.54) is 22.8 Å². The summed E-state index contributed by atoms with van der Waals surface area (Å²) < 4.78 is 42.6. The first-order valence-electron chi connectivity index (χ1n) is 6.69. The smallest absolute Gasteiger partial charge is 0.302 e. The van der Waals surface area contributed by atoms with E-state index in [9.17, 15) is 17.6 Å². The molecule has 3 rings (SSSR count). The van der Waals surface area contributed by atoms with Gasteiger partial charge in [0.25, 0.3) is 0 Å². The molecule has 0 aliphatic heterocycles. The van der Waals surface area contributed by atoms with Gasteiger partial charge < -0.3 is 4.57 Å². The molecule has 5 nitrogen and oxygen atoms in total. The first-order valence-corrected chi connectivity index (χ1v) is 9.16. The minimum absolute atomic E-state index is 0.102. The molecule has 3 aromatic rings. The van der Waals surface area contributed by atoms with Crippen LogP contribution in [-0.2, 0) is 22.8 Å². The van der Waals surface area contributed by atoms with Crippen LogP contribution in [0.1, 0.15) is 5.56 Å². The second-order valence-electron chi connectivity index (χ2n) is 5.06. The SMILES string of the molecule is Cn1c(=O)sc2cc(NS(=O)(=O)Cc3ccccc3F)ccc21. The maximum absolute atomic E-state index is 13.6. The van der Waals surface area contributed by atoms with E-state index in [0.29, 0.717) is 10.4 Å². The van der Waals surface area contributed by atoms with Crippen LogP contribution >= 0.6 is 11.3 Å². The van der Waals surface area contributed by atoms with Gasteiger partial charge in [-0.15, -0.1) is 0 Å². The largest absolute Gasteiger partial charge is 0.307 e. The zero-order valence-electron chi connectivity index (χ0n) is 12.1. The van der Waals surface area contributed by atoms with Gasteiger partial charge in [-0.25, -0.2) is 12.8 Å². The van der Waals surface area contributed by atoms with Crippen molar-refractivity contribution in [2.75, 3.05) is 4.72 Å². The van der Waals surface area contributed by atoms with Crippen LogP contribution < -0.4 is 9.60 Å². The monoisotopic (exact) mass is 352 g/mol. The molecule has 0 fully saturated rings. The van der Waals surface area contributed by atoms with Gasteiger partial charge in [-0.2, -0.15) is 0 Å². The number of hydrogen-bond donors (Lipinski definition) is 1. The maximum atomic E-state index is 13.6. The number of anilines is 1. The lowest BCUT2D eigenvalue weighted by molar-refractivity contribution is 0.591. The highest BCUT2D eigenvalue weighted by Crippen LogP contribution is 2.22. The van der Waals surface area contributed by atoms with Crippen molar-refractivity contribution in [3.8, 4) is 0 Å². The first-order chi connectivity index (χ1) is 10.9. The van der Waals surface area contributed by atoms with Crippen LogP contribution in [0, 0.1) is 5.82 Å². The molecule has 8 heteroatoms. The van der Waals surface area contributed by atoms with Crippen LogP contribution in [0.4, 0.5) is 10.1 Å². The van der Waals surface area contributed by atoms with Crippen molar-refractivity contribution in [1.29, 1.82) is 0 Å². The van der Waals surface area contributed by atoms with Gasteiger partial charge in [0.2, 0.25) is 10.0 Å². The summed E-state index contributed by atoms with van der Waals surface area (Å²) in [4.78, 5) is 11.5. The van der Waals surface area contributed by atoms with E-state index >= 15 is 0 Å². The lowest BCUT2D eigenvalue weighted by Crippen LogP contribution is -2.15. The van der Waals surface area contributed by atoms with E-state index < -0.39 is 21.6 Å². The van der Waals surface area contributed by atoms with Gasteiger partial charge in [0.05, 0.1) is 21.7 Å². The van der Waals surface area contributed by atoms with Crippen LogP contribution in [-0.4, -0.2) is 13.0 Å². The van der Waals surface area contributed by atoms with Crippen LogP contribution in [0.2, 0.25) is 0 Å². The van der Waals surface area contributed by atoms with E-state index in [1.54, 1.807) is 31.3 Å². The van der Waals surface area contributed by atoms with Crippen molar-refractivity contribution >= 4 is 37.3 Å². The molecule has 0 atom stereocenters. The van der Waals surface area contributed by atoms with E-state index in [0.717, 1.165) is 16.9 Å². The number of nitrogens with zero attached hydrogens (tertiary/aromatic N) is 1. The molecule has 0 unspecified atom stereocenters. The molecule has 0 radical (unpaired) electrons. The Bertz CT molecular complexity index is 1040. The molecular weight excluding hydrogens is 339 g/mol. The number of halogens is 1. The van der Waals surface area contributed by atoms with Crippen LogP contribution in [0.5, 0.6) is 0 Å². The fourth-order valence-corrected chi connectivity index (χ4v) is 4.35. The number of hydrogen-bond acceptors (Lipinski definition) is 4. The van der Waals surface area contributed by atoms with E-state index in [4.69, 9.17) is 0 Å². The number of rotatable bonds is 4. The summed E-state index contributed by atoms with van der Waals surface area (Å²) in [6.45, 7) is 0. The third-order valence-corrected chi connectivity index (χ3v) is 5.60. The van der Waals surface area contributed by atoms with Crippen LogP contribution in [0.15, 0.2) is 47.3 Å². The van der Waals surface area contributed by atoms with Gasteiger partial charge in [0.15, 0.2) is 0 Å². The summed E-state index contributed by atoms with van der Waals surface area (Å²) in [5, 5.41) is 0. The molecular formula is C15H13FN2O3S2. The zero-order valence-corrected chi connectivity index (χ0v) is 13.7. The summed E-state index contributed by atoms with van der Waals surface area (Å²) in [5.74, 6) is -1.02. The average Bonchev–Trinajstić information content (AvgIpc) is 2.75. The van der Waals surface area contributed by atoms with Crippen molar-refractivity contribution in [1.82, 2.24) is 4.57 Å². The Labute approximate surface area is 136 Å². The first kappa shape index (κ1) is 15.7. The van der Waals surface area contributed by atoms with Gasteiger partial charge >= 0.3 is 4.87 Å². The minimum atomic E-state index is -3.75. The second kappa shape index (κ2) is 5.78. The number of sulfonamides is 1. The van der Waals surface area contributed by atoms with Gasteiger partial charge in [-0.3, -0.25) is 9.52 Å². The molecule has 0 aliphatic rings. The Morgan fingerprint density at radius 3 is 2.70 bits per heavy atom. The number of thiazole rings is 1. The molecule has 0 amide bonds. The van der Waals surface area contributed by atoms with Crippen molar-refractivity contribution in [2.45, 2.75) is 5.75 Å². The fourth-order valence-electron chi connectivity index (χ4n) is 2.23. The second-order valence-corrected chi connectivity index (χ2v) is 7.78. The third kappa shape index (κ3) is 3.27. The molecule has 23 heavy (non-hydrogen) atoms. The quantitative estimate of drug-likeness (QED) is 0.785. The van der Waals surface area contributed by atoms with E-state index in [1.807, 2.05) is 0 Å². The van der Waals surface area contributed by atoms with Crippen molar-refractivity contribution < 1.29 is 12.8 Å². The molecule has 0 aliphatic carbocycles. The molecule has 0 bridgehead atoms. The third-order valence-electron chi connectivity index (χ3n) is 3.37. The molecule has 0 spiro atoms. The van der Waals surface area contributed by atoms with Crippen LogP contribution in [0.25, 0.3) is 10.2 Å². The van der Waals surface area contributed by atoms with Gasteiger partial charge in [-0.1, -0.05) is 29.5 Å². The Hall–Kier alpha value is -2.19. The lowest BCUT2D eigenvalue weighted by atomic mass is 10.2. The van der Waals surface area contributed by atoms with E-state index in [-0.39, 0.29) is 10.4 Å². The molecule has 120 valence electrons. The lowest BCUT2D eigenvalue weighted by Gasteiger charge is -2.09. The Morgan fingerprint density at radius 1 is 1.22 bits per heavy atom. The maximum Gasteiger partial charge on any atom is 0.307 e. The molecule has 2 aromatic carbocycles. The number of fused-ring (bicyclic) bond motifs is 1. The summed E-state index contributed by atoms with van der Waals surface area (Å²) >= 11 is 1.04. The summed E-state index contributed by atoms with van der Waals surface area (Å²) in [6, 6.07) is 10.6. The van der Waals surface area contributed by atoms with Gasteiger partial charge in [0, 0.05) is 12.6 Å². The predicted octanol–water partition coefficient (Wildman–Crippen LogP) is 2.68. The zero-order chi connectivity index (χ0) is 16.6. The standard InChI is InChI=1S/C15H13FN2O3S2/c1-18-13-7-6-11(8-14(13)22-15(18)19)17-23(20,21)9-10-4-2-3-5-12(10)16/h2-8,17H,9H2,1H3. The summed E-state index contributed by atoms with van der Waals surface area (Å²) in [7, 11) is -2.10. The van der Waals surface area contributed by atoms with Crippen molar-refractivity contribution in [3.05, 3.63) is 63.5 Å². The Morgan fingerprint density at radius 2 is 1.96 bits per heavy atom. The average molecular weight is 352 g/mol. The highest BCUT2D eigenvalue weighted by atomic mass is 32.2. The van der Waals surface area contributed by atoms with Gasteiger partial charge in [0.1, 0.15) is 5.82 Å². The number of nitrogens with one attached hydrogen (secondary N) is 1. The number of benzene rings is 2. The topological polar surface area (TPSA) is 68.2 Å². The fraction of sp³-hybridized carbons (Fsp3) is 0.133. The number of aromatic nitrogens is 1. The molecule has 1 heterocycles. The normalized spacial score (nSPS) is 11.7. The molecule has 0 saturated carbocycles. The summed E-state index contributed by atoms with van der Waals surface area (Å²) in [6.07, 6.45) is 0. The Balaban J connectivity index is 1.88. The summed E-state index contributed by atoms with van der Waals surface area (Å²) in [5.41, 5.74) is 1.18. The van der Waals surface area contributed by atoms with Gasteiger partial charge in [-0.05, 0) is 24.3 Å². The van der Waals surface area contributed by atoms with Crippen molar-refractivity contribution in [2.24, 2.45) is 7.05 Å². The highest BCUT2D eigenvalue weighted by Gasteiger charge is 2.15. The van der Waals surface area contributed by atoms with E-state index in [2.05, 4.69) is 4.72 Å². The highest BCUT2D eigenvalue weighted by molar-refractivity contribution is 7.91. The minimum Gasteiger partial charge on any atom is -0.302 e. The molecule has 1 aromatic heterocycles. The molecule has 1 N–H and O–H groups in total. The van der Waals surface area contributed by atoms with Crippen LogP contribution in [0.3, 0.4) is 0 Å². The molecule has 0 saturated heterocycles. The van der Waals surface area contributed by atoms with Crippen molar-refractivity contribution in [3.63, 3.8) is 0 Å². The predicted molar refractivity (Wildman–Crippen MR) is 89.7 cm³/mol. The number of aryl methyl sites for hydroxylation is 1. The Kier molecular flexibility index (Phi) is 3.95.